The van der Waals surface area contributed by atoms with E-state index in [2.05, 4.69) is 0 Å². The second-order valence-corrected chi connectivity index (χ2v) is 6.87. The summed E-state index contributed by atoms with van der Waals surface area (Å²) in [5.41, 5.74) is -6.43. The molecule has 0 saturated heterocycles. The lowest BCUT2D eigenvalue weighted by atomic mass is 10.1. The van der Waals surface area contributed by atoms with Crippen molar-refractivity contribution in [1.29, 1.82) is 0 Å². The van der Waals surface area contributed by atoms with Crippen molar-refractivity contribution in [3.05, 3.63) is 0 Å². The molecule has 1 N–H and O–H groups in total. The number of carboxylic acids is 1. The van der Waals surface area contributed by atoms with Gasteiger partial charge in [-0.25, -0.2) is 13.6 Å². The third-order valence-electron chi connectivity index (χ3n) is 4.00. The van der Waals surface area contributed by atoms with Crippen molar-refractivity contribution in [3.8, 4) is 0 Å². The average molecular weight is 676 g/mol. The van der Waals surface area contributed by atoms with Gasteiger partial charge in [0.15, 0.2) is 0 Å². The number of ether oxygens (including phenoxy) is 3. The summed E-state index contributed by atoms with van der Waals surface area (Å²) in [6, 6.07) is 0. The molecule has 5 nitrogen and oxygen atoms in total. The van der Waals surface area contributed by atoms with Gasteiger partial charge in [0.05, 0.1) is 0 Å². The molecule has 0 aliphatic carbocycles. The number of aliphatic carboxylic acids is 1. The summed E-state index contributed by atoms with van der Waals surface area (Å²) in [6.45, 7) is -3.88. The predicted molar refractivity (Wildman–Crippen MR) is 71.3 cm³/mol. The second kappa shape index (κ2) is 10.2. The van der Waals surface area contributed by atoms with Crippen molar-refractivity contribution in [2.75, 3.05) is 6.67 Å². The molecule has 246 valence electrons. The summed E-state index contributed by atoms with van der Waals surface area (Å²) < 4.78 is 304. The first-order valence-electron chi connectivity index (χ1n) is 8.43. The standard InChI is InChI=1S/C13H3F23O5/c14-1-3(15,2(37)38)11(31,32)40-5(17,9(25,26)27)13(35,36)41-6(18,10(28,29)30)12(33,34)39-4(16,7(19,20)21)8(22,23)24/h1H2,(H,37,38). The number of carbonyl (C=O) groups is 1. The molecular formula is C13H3F23O5. The van der Waals surface area contributed by atoms with Gasteiger partial charge in [0.25, 0.3) is 0 Å². The summed E-state index contributed by atoms with van der Waals surface area (Å²) in [7, 11) is 0. The molecule has 0 fully saturated rings. The molecule has 0 spiro atoms. The Morgan fingerprint density at radius 1 is 0.439 bits per heavy atom. The molecule has 0 rings (SSSR count). The first-order chi connectivity index (χ1) is 17.4. The molecule has 28 heteroatoms. The van der Waals surface area contributed by atoms with Gasteiger partial charge < -0.3 is 5.11 Å². The fourth-order valence-electron chi connectivity index (χ4n) is 1.84. The van der Waals surface area contributed by atoms with Crippen LogP contribution in [0.25, 0.3) is 0 Å². The van der Waals surface area contributed by atoms with Gasteiger partial charge in [-0.2, -0.15) is 92.2 Å². The van der Waals surface area contributed by atoms with E-state index in [0.29, 0.717) is 0 Å². The lowest BCUT2D eigenvalue weighted by Crippen LogP contribution is -2.71. The number of halogens is 23. The van der Waals surface area contributed by atoms with Crippen molar-refractivity contribution < 1.29 is 125 Å². The molecule has 0 aliphatic rings. The zero-order valence-corrected chi connectivity index (χ0v) is 17.5. The second-order valence-electron chi connectivity index (χ2n) is 6.87. The van der Waals surface area contributed by atoms with E-state index in [1.54, 1.807) is 0 Å². The number of hydrogen-bond donors (Lipinski definition) is 1. The zero-order chi connectivity index (χ0) is 33.9. The Hall–Kier alpha value is -2.26. The molecule has 0 aromatic heterocycles. The van der Waals surface area contributed by atoms with Gasteiger partial charge in [-0.1, -0.05) is 0 Å². The van der Waals surface area contributed by atoms with Gasteiger partial charge in [-0.3, -0.25) is 14.2 Å². The van der Waals surface area contributed by atoms with Crippen LogP contribution in [0.5, 0.6) is 0 Å². The smallest absolute Gasteiger partial charge is 0.458 e. The molecule has 0 heterocycles. The molecule has 0 aliphatic heterocycles. The van der Waals surface area contributed by atoms with Crippen molar-refractivity contribution >= 4 is 5.97 Å². The normalized spacial score (nSPS) is 19.8. The van der Waals surface area contributed by atoms with Gasteiger partial charge in [-0.05, 0) is 0 Å². The zero-order valence-electron chi connectivity index (χ0n) is 17.5. The monoisotopic (exact) mass is 676 g/mol. The van der Waals surface area contributed by atoms with Gasteiger partial charge in [-0.15, -0.1) is 0 Å². The first-order valence-corrected chi connectivity index (χ1v) is 8.43. The highest BCUT2D eigenvalue weighted by Gasteiger charge is 2.88. The Labute approximate surface area is 205 Å². The van der Waals surface area contributed by atoms with Crippen LogP contribution in [0.3, 0.4) is 0 Å². The highest BCUT2D eigenvalue weighted by atomic mass is 19.4. The van der Waals surface area contributed by atoms with E-state index < -0.39 is 78.9 Å². The summed E-state index contributed by atoms with van der Waals surface area (Å²) >= 11 is 0. The van der Waals surface area contributed by atoms with Crippen LogP contribution in [-0.4, -0.2) is 84.0 Å². The molecule has 41 heavy (non-hydrogen) atoms. The largest absolute Gasteiger partial charge is 0.479 e. The Morgan fingerprint density at radius 2 is 0.659 bits per heavy atom. The van der Waals surface area contributed by atoms with E-state index in [9.17, 15) is 106 Å². The van der Waals surface area contributed by atoms with Crippen LogP contribution < -0.4 is 0 Å². The minimum absolute atomic E-state index is 1.01. The molecule has 0 aromatic rings. The van der Waals surface area contributed by atoms with Crippen LogP contribution in [0.1, 0.15) is 0 Å². The van der Waals surface area contributed by atoms with Gasteiger partial charge in [0.1, 0.15) is 6.67 Å². The minimum atomic E-state index is -8.77. The van der Waals surface area contributed by atoms with Gasteiger partial charge in [0, 0.05) is 0 Å². The molecule has 3 unspecified atom stereocenters. The van der Waals surface area contributed by atoms with Crippen LogP contribution in [0.15, 0.2) is 0 Å². The van der Waals surface area contributed by atoms with E-state index in [1.165, 1.54) is 4.74 Å². The summed E-state index contributed by atoms with van der Waals surface area (Å²) in [4.78, 5) is 10.3. The van der Waals surface area contributed by atoms with Crippen molar-refractivity contribution in [2.45, 2.75) is 66.3 Å². The quantitative estimate of drug-likeness (QED) is 0.244. The molecule has 0 radical (unpaired) electrons. The van der Waals surface area contributed by atoms with Crippen LogP contribution in [0.4, 0.5) is 101 Å². The molecular weight excluding hydrogens is 673 g/mol. The van der Waals surface area contributed by atoms with Crippen molar-refractivity contribution in [1.82, 2.24) is 0 Å². The molecule has 0 saturated carbocycles. The number of alkyl halides is 23. The summed E-state index contributed by atoms with van der Waals surface area (Å²) in [5.74, 6) is -29.6. The van der Waals surface area contributed by atoms with Crippen molar-refractivity contribution in [3.63, 3.8) is 0 Å². The van der Waals surface area contributed by atoms with Crippen molar-refractivity contribution in [2.24, 2.45) is 0 Å². The fourth-order valence-corrected chi connectivity index (χ4v) is 1.84. The highest BCUT2D eigenvalue weighted by Crippen LogP contribution is 2.59. The third-order valence-corrected chi connectivity index (χ3v) is 4.00. The fraction of sp³-hybridized carbons (Fsp3) is 0.923. The van der Waals surface area contributed by atoms with E-state index in [-0.39, 0.29) is 0 Å². The summed E-state index contributed by atoms with van der Waals surface area (Å²) in [5, 5.41) is 8.07. The van der Waals surface area contributed by atoms with E-state index >= 15 is 0 Å². The molecule has 3 atom stereocenters. The maximum atomic E-state index is 14.1. The Bertz CT molecular complexity index is 936. The number of carboxylic acid groups (broad SMARTS) is 1. The van der Waals surface area contributed by atoms with Crippen LogP contribution >= 0.6 is 0 Å². The maximum absolute atomic E-state index is 14.1. The van der Waals surface area contributed by atoms with Gasteiger partial charge in [0.2, 0.25) is 0 Å². The lowest BCUT2D eigenvalue weighted by Gasteiger charge is -2.43. The SMILES string of the molecule is O=C(O)C(F)(CF)C(F)(F)OC(F)(C(F)(F)F)C(F)(F)OC(F)(C(F)(F)F)C(F)(F)OC(F)(C(F)(F)F)C(F)(F)F. The number of hydrogen-bond acceptors (Lipinski definition) is 4. The Morgan fingerprint density at radius 3 is 0.854 bits per heavy atom. The average Bonchev–Trinajstić information content (AvgIpc) is 2.68. The first kappa shape index (κ1) is 38.7. The minimum Gasteiger partial charge on any atom is -0.479 e. The van der Waals surface area contributed by atoms with E-state index in [0.717, 1.165) is 9.47 Å². The topological polar surface area (TPSA) is 65.0 Å². The van der Waals surface area contributed by atoms with E-state index in [1.807, 2.05) is 0 Å². The molecule has 0 amide bonds. The molecule has 0 bridgehead atoms. The number of rotatable bonds is 11. The lowest BCUT2D eigenvalue weighted by molar-refractivity contribution is -0.581. The summed E-state index contributed by atoms with van der Waals surface area (Å²) in [6.07, 6.45) is -57.8. The Kier molecular flexibility index (Phi) is 9.62. The highest BCUT2D eigenvalue weighted by molar-refractivity contribution is 5.78. The maximum Gasteiger partial charge on any atom is 0.458 e. The Balaban J connectivity index is 7.33. The van der Waals surface area contributed by atoms with Crippen LogP contribution in [-0.2, 0) is 19.0 Å². The van der Waals surface area contributed by atoms with Gasteiger partial charge >= 0.3 is 72.2 Å². The predicted octanol–water partition coefficient (Wildman–Crippen LogP) is 6.82. The van der Waals surface area contributed by atoms with Crippen LogP contribution in [0.2, 0.25) is 0 Å². The van der Waals surface area contributed by atoms with Crippen LogP contribution in [0, 0.1) is 0 Å². The molecule has 0 aromatic carbocycles. The van der Waals surface area contributed by atoms with E-state index in [4.69, 9.17) is 5.11 Å². The third kappa shape index (κ3) is 6.26.